The Morgan fingerprint density at radius 3 is 1.50 bits per heavy atom. The lowest BCUT2D eigenvalue weighted by Gasteiger charge is -1.63. The second kappa shape index (κ2) is 2.27. The van der Waals surface area contributed by atoms with Crippen molar-refractivity contribution in [2.75, 3.05) is 0 Å². The summed E-state index contributed by atoms with van der Waals surface area (Å²) >= 11 is 0. The Labute approximate surface area is 39.2 Å². The number of rotatable bonds is 0. The second-order valence-electron chi connectivity index (χ2n) is 0.412. The lowest BCUT2D eigenvalue weighted by Crippen LogP contribution is -1.80. The van der Waals surface area contributed by atoms with Crippen molar-refractivity contribution >= 4 is 21.5 Å². The molecule has 0 fully saturated rings. The fraction of sp³-hybridized carbons (Fsp3) is 0. The maximum atomic E-state index is 10.2. The van der Waals surface area contributed by atoms with Gasteiger partial charge in [0.05, 0.1) is 0 Å². The first-order chi connectivity index (χ1) is 2.00. The van der Waals surface area contributed by atoms with E-state index in [0.717, 1.165) is 0 Å². The van der Waals surface area contributed by atoms with E-state index >= 15 is 0 Å². The Morgan fingerprint density at radius 1 is 1.50 bits per heavy atom. The van der Waals surface area contributed by atoms with Crippen molar-refractivity contribution in [3.8, 4) is 0 Å². The smallest absolute Gasteiger partial charge is 0.260 e. The van der Waals surface area contributed by atoms with Crippen LogP contribution in [0.3, 0.4) is 0 Å². The van der Waals surface area contributed by atoms with Crippen LogP contribution in [0.1, 0.15) is 0 Å². The van der Waals surface area contributed by atoms with Gasteiger partial charge in [-0.15, -0.1) is 0 Å². The molecule has 0 saturated heterocycles. The summed E-state index contributed by atoms with van der Waals surface area (Å²) in [5, 5.41) is 0. The molecule has 0 aromatic rings. The van der Waals surface area contributed by atoms with Gasteiger partial charge in [0.2, 0.25) is 0 Å². The highest BCUT2D eigenvalue weighted by Crippen LogP contribution is 1.74. The van der Waals surface area contributed by atoms with Gasteiger partial charge >= 0.3 is 10.5 Å². The monoisotopic (exact) mass is 128 g/mol. The summed E-state index contributed by atoms with van der Waals surface area (Å²) in [6, 6.07) is 0. The fourth-order valence-corrected chi connectivity index (χ4v) is 0. The van der Waals surface area contributed by atoms with Gasteiger partial charge in [-0.3, -0.25) is 4.55 Å². The molecule has 0 unspecified atom stereocenters. The number of hydrogen-bond acceptors (Lipinski definition) is 2. The van der Waals surface area contributed by atoms with Crippen LogP contribution in [0, 0.1) is 0 Å². The SMILES string of the molecule is O=S(=O)(O)F.[Si]. The highest BCUT2D eigenvalue weighted by Gasteiger charge is 1.89. The van der Waals surface area contributed by atoms with Crippen LogP contribution in [-0.2, 0) is 10.5 Å². The molecular formula is HFO3SSi. The van der Waals surface area contributed by atoms with Gasteiger partial charge in [0.1, 0.15) is 0 Å². The van der Waals surface area contributed by atoms with E-state index < -0.39 is 10.5 Å². The predicted octanol–water partition coefficient (Wildman–Crippen LogP) is -0.622. The van der Waals surface area contributed by atoms with E-state index in [-0.39, 0.29) is 11.0 Å². The highest BCUT2D eigenvalue weighted by molar-refractivity contribution is 7.80. The molecule has 1 N–H and O–H groups in total. The summed E-state index contributed by atoms with van der Waals surface area (Å²) in [6.07, 6.45) is 0. The average molecular weight is 128 g/mol. The third-order valence-corrected chi connectivity index (χ3v) is 0. The third-order valence-electron chi connectivity index (χ3n) is 0. The van der Waals surface area contributed by atoms with Gasteiger partial charge in [0, 0.05) is 11.0 Å². The van der Waals surface area contributed by atoms with E-state index in [2.05, 4.69) is 0 Å². The lowest BCUT2D eigenvalue weighted by molar-refractivity contribution is 0.435. The third kappa shape index (κ3) is 11700. The van der Waals surface area contributed by atoms with Gasteiger partial charge in [0.15, 0.2) is 0 Å². The average Bonchev–Trinajstić information content (AvgIpc) is 0.722. The molecule has 0 rings (SSSR count). The molecule has 0 atom stereocenters. The maximum Gasteiger partial charge on any atom is 0.435 e. The van der Waals surface area contributed by atoms with Gasteiger partial charge in [-0.05, 0) is 0 Å². The molecule has 6 heteroatoms. The summed E-state index contributed by atoms with van der Waals surface area (Å²) in [4.78, 5) is 0. The van der Waals surface area contributed by atoms with Crippen LogP contribution in [0.15, 0.2) is 0 Å². The topological polar surface area (TPSA) is 54.4 Å². The van der Waals surface area contributed by atoms with E-state index in [9.17, 15) is 3.89 Å². The molecule has 0 aliphatic carbocycles. The van der Waals surface area contributed by atoms with Crippen LogP contribution in [0.4, 0.5) is 3.89 Å². The molecule has 0 aliphatic heterocycles. The Kier molecular flexibility index (Phi) is 3.56. The van der Waals surface area contributed by atoms with Gasteiger partial charge in [-0.25, -0.2) is 0 Å². The van der Waals surface area contributed by atoms with Crippen molar-refractivity contribution in [2.24, 2.45) is 0 Å². The van der Waals surface area contributed by atoms with Crippen LogP contribution in [0.2, 0.25) is 0 Å². The van der Waals surface area contributed by atoms with Crippen LogP contribution >= 0.6 is 0 Å². The number of halogens is 1. The van der Waals surface area contributed by atoms with Crippen LogP contribution in [-0.4, -0.2) is 23.9 Å². The van der Waals surface area contributed by atoms with Gasteiger partial charge in [0.25, 0.3) is 0 Å². The summed E-state index contributed by atoms with van der Waals surface area (Å²) in [5.74, 6) is 0. The summed E-state index contributed by atoms with van der Waals surface area (Å²) in [5.41, 5.74) is 0. The van der Waals surface area contributed by atoms with E-state index in [0.29, 0.717) is 0 Å². The first-order valence-corrected chi connectivity index (χ1v) is 2.01. The van der Waals surface area contributed by atoms with Crippen molar-refractivity contribution in [3.05, 3.63) is 0 Å². The zero-order valence-corrected chi connectivity index (χ0v) is 4.37. The van der Waals surface area contributed by atoms with Crippen LogP contribution in [0.25, 0.3) is 0 Å². The number of hydrogen-bond donors (Lipinski definition) is 1. The Morgan fingerprint density at radius 2 is 1.50 bits per heavy atom. The summed E-state index contributed by atoms with van der Waals surface area (Å²) < 4.78 is 34.1. The molecule has 0 bridgehead atoms. The first-order valence-electron chi connectivity index (χ1n) is 0.670. The van der Waals surface area contributed by atoms with Gasteiger partial charge < -0.3 is 0 Å². The normalized spacial score (nSPS) is 9.67. The quantitative estimate of drug-likeness (QED) is 0.269. The lowest BCUT2D eigenvalue weighted by atomic mass is 15.9. The van der Waals surface area contributed by atoms with E-state index in [1.165, 1.54) is 0 Å². The summed E-state index contributed by atoms with van der Waals surface area (Å²) in [7, 11) is -5.17. The molecule has 36 valence electrons. The van der Waals surface area contributed by atoms with Crippen LogP contribution < -0.4 is 0 Å². The second-order valence-corrected chi connectivity index (χ2v) is 1.24. The molecule has 0 aliphatic rings. The molecule has 0 aromatic heterocycles. The molecule has 0 aromatic carbocycles. The van der Waals surface area contributed by atoms with Crippen molar-refractivity contribution in [1.82, 2.24) is 0 Å². The molecule has 0 spiro atoms. The molecule has 6 heavy (non-hydrogen) atoms. The summed E-state index contributed by atoms with van der Waals surface area (Å²) in [6.45, 7) is 0. The van der Waals surface area contributed by atoms with Crippen molar-refractivity contribution in [3.63, 3.8) is 0 Å². The van der Waals surface area contributed by atoms with E-state index in [4.69, 9.17) is 13.0 Å². The minimum Gasteiger partial charge on any atom is -0.260 e. The minimum absolute atomic E-state index is 0. The largest absolute Gasteiger partial charge is 0.435 e. The van der Waals surface area contributed by atoms with Gasteiger partial charge in [-0.2, -0.15) is 8.42 Å². The molecule has 0 saturated carbocycles. The zero-order chi connectivity index (χ0) is 4.50. The van der Waals surface area contributed by atoms with Gasteiger partial charge in [-0.1, -0.05) is 3.89 Å². The van der Waals surface area contributed by atoms with E-state index in [1.807, 2.05) is 0 Å². The van der Waals surface area contributed by atoms with E-state index in [1.54, 1.807) is 0 Å². The van der Waals surface area contributed by atoms with Crippen molar-refractivity contribution < 1.29 is 16.9 Å². The van der Waals surface area contributed by atoms with Crippen molar-refractivity contribution in [1.29, 1.82) is 0 Å². The highest BCUT2D eigenvalue weighted by atomic mass is 32.3. The molecule has 0 heterocycles. The Hall–Kier alpha value is 0.0569. The first kappa shape index (κ1) is 9.41. The zero-order valence-electron chi connectivity index (χ0n) is 2.55. The molecule has 4 radical (unpaired) electrons. The molecular weight excluding hydrogens is 127 g/mol. The molecule has 3 nitrogen and oxygen atoms in total. The predicted molar refractivity (Wildman–Crippen MR) is 18.4 cm³/mol. The standard InChI is InChI=1S/FHO3S.Si/c1-5(2,3)4;/h(H,2,3,4);. The van der Waals surface area contributed by atoms with Crippen molar-refractivity contribution in [2.45, 2.75) is 0 Å². The molecule has 0 amide bonds. The maximum absolute atomic E-state index is 10.2. The minimum atomic E-state index is -5.17. The Balaban J connectivity index is 0. The fourth-order valence-electron chi connectivity index (χ4n) is 0. The van der Waals surface area contributed by atoms with Crippen LogP contribution in [0.5, 0.6) is 0 Å². The Bertz CT molecular complexity index is 94.0.